The molecule has 3 aliphatic heterocycles. The van der Waals surface area contributed by atoms with Gasteiger partial charge >= 0.3 is 5.97 Å². The van der Waals surface area contributed by atoms with E-state index >= 15 is 0 Å². The molecule has 13 heteroatoms. The molecule has 9 rings (SSSR count). The summed E-state index contributed by atoms with van der Waals surface area (Å²) in [4.78, 5) is 16.5. The molecule has 4 aliphatic rings. The molecule has 0 spiro atoms. The van der Waals surface area contributed by atoms with E-state index in [9.17, 15) is 15.2 Å². The Bertz CT molecular complexity index is 2460. The predicted molar refractivity (Wildman–Crippen MR) is 221 cm³/mol. The Kier molecular flexibility index (Phi) is 9.98. The third kappa shape index (κ3) is 6.22. The van der Waals surface area contributed by atoms with E-state index in [1.165, 1.54) is 76.6 Å². The molecule has 0 bridgehead atoms. The molecule has 4 aromatic heterocycles. The van der Waals surface area contributed by atoms with Crippen molar-refractivity contribution >= 4 is 63.0 Å². The number of aliphatic carboxylic acids is 1. The van der Waals surface area contributed by atoms with E-state index in [0.717, 1.165) is 48.7 Å². The van der Waals surface area contributed by atoms with Gasteiger partial charge in [-0.3, -0.25) is 0 Å². The average Bonchev–Trinajstić information content (AvgIpc) is 3.98. The number of allylic oxidation sites excluding steroid dienone is 1. The van der Waals surface area contributed by atoms with Gasteiger partial charge in [0, 0.05) is 34.6 Å². The van der Waals surface area contributed by atoms with Gasteiger partial charge in [0.05, 0.1) is 29.3 Å². The van der Waals surface area contributed by atoms with Crippen molar-refractivity contribution in [3.05, 3.63) is 46.0 Å². The van der Waals surface area contributed by atoms with Gasteiger partial charge in [-0.15, -0.1) is 34.0 Å². The van der Waals surface area contributed by atoms with Crippen LogP contribution in [0.3, 0.4) is 0 Å². The predicted octanol–water partition coefficient (Wildman–Crippen LogP) is 10.9. The number of hydrogen-bond donors (Lipinski definition) is 1. The summed E-state index contributed by atoms with van der Waals surface area (Å²) in [6.45, 7) is 10.2. The van der Waals surface area contributed by atoms with Gasteiger partial charge in [-0.1, -0.05) is 58.3 Å². The van der Waals surface area contributed by atoms with E-state index in [-0.39, 0.29) is 0 Å². The summed E-state index contributed by atoms with van der Waals surface area (Å²) in [5.41, 5.74) is 4.72. The van der Waals surface area contributed by atoms with Crippen LogP contribution in [0.25, 0.3) is 53.0 Å². The number of benzene rings is 1. The second-order valence-corrected chi connectivity index (χ2v) is 17.5. The van der Waals surface area contributed by atoms with Crippen molar-refractivity contribution in [1.82, 2.24) is 4.57 Å². The first-order chi connectivity index (χ1) is 27.4. The molecule has 2 atom stereocenters. The normalized spacial score (nSPS) is 17.5. The number of rotatable bonds is 11. The number of nitriles is 1. The Labute approximate surface area is 337 Å². The van der Waals surface area contributed by atoms with Gasteiger partial charge in [-0.2, -0.15) is 5.26 Å². The van der Waals surface area contributed by atoms with E-state index in [1.807, 2.05) is 0 Å². The van der Waals surface area contributed by atoms with Crippen LogP contribution in [-0.4, -0.2) is 55.3 Å². The standard InChI is InChI=1S/C43H42N2O8S3/c1-4-6-9-24(5-2)22-45-29-12-11-25(19-28(29)27-10-7-8-23(3)31(27)45)38-34-35(51-16-15-50-34)41(55-38)42-37-36(52-17-18-53-37)40(56-42)39-33-32(48-13-14-49-33)30(54-39)20-26(21-44)43(46)47/h7,10-12,19-20,23-24H,4-6,8-9,13-18,22H2,1-3H3,(H,46,47)/b26-20+. The summed E-state index contributed by atoms with van der Waals surface area (Å²) < 4.78 is 40.3. The summed E-state index contributed by atoms with van der Waals surface area (Å²) in [6.07, 6.45) is 11.9. The van der Waals surface area contributed by atoms with Crippen LogP contribution in [0.5, 0.6) is 34.5 Å². The molecule has 1 N–H and O–H groups in total. The highest BCUT2D eigenvalue weighted by molar-refractivity contribution is 7.28. The summed E-state index contributed by atoms with van der Waals surface area (Å²) >= 11 is 4.43. The van der Waals surface area contributed by atoms with Gasteiger partial charge in [0.25, 0.3) is 0 Å². The number of aromatic nitrogens is 1. The van der Waals surface area contributed by atoms with Gasteiger partial charge in [0.2, 0.25) is 0 Å². The third-order valence-corrected chi connectivity index (χ3v) is 14.7. The molecule has 0 fully saturated rings. The van der Waals surface area contributed by atoms with Gasteiger partial charge in [-0.25, -0.2) is 4.79 Å². The molecule has 290 valence electrons. The number of thiophene rings is 3. The first-order valence-electron chi connectivity index (χ1n) is 19.4. The number of ether oxygens (including phenoxy) is 6. The van der Waals surface area contributed by atoms with Crippen molar-refractivity contribution in [2.75, 3.05) is 39.6 Å². The van der Waals surface area contributed by atoms with E-state index in [1.54, 1.807) is 17.4 Å². The van der Waals surface area contributed by atoms with Gasteiger partial charge in [0.15, 0.2) is 34.5 Å². The molecule has 10 nitrogen and oxygen atoms in total. The highest BCUT2D eigenvalue weighted by Gasteiger charge is 2.37. The second-order valence-electron chi connectivity index (χ2n) is 14.5. The lowest BCUT2D eigenvalue weighted by atomic mass is 9.92. The zero-order valence-electron chi connectivity index (χ0n) is 31.5. The molecule has 0 radical (unpaired) electrons. The van der Waals surface area contributed by atoms with Crippen LogP contribution in [0.4, 0.5) is 0 Å². The second kappa shape index (κ2) is 15.2. The summed E-state index contributed by atoms with van der Waals surface area (Å²) in [5.74, 6) is 3.31. The molecule has 0 saturated heterocycles. The van der Waals surface area contributed by atoms with Gasteiger partial charge < -0.3 is 38.1 Å². The molecule has 7 heterocycles. The number of carboxylic acids is 1. The topological polar surface area (TPSA) is 121 Å². The van der Waals surface area contributed by atoms with Crippen molar-refractivity contribution in [1.29, 1.82) is 5.26 Å². The number of carbonyl (C=O) groups is 1. The zero-order chi connectivity index (χ0) is 38.5. The molecule has 2 unspecified atom stereocenters. The minimum atomic E-state index is -1.31. The SMILES string of the molecule is CCCCC(CC)Cn1c2c(c3cc(-c4sc(-c5sc(-c6sc(/C=C(\C#N)C(=O)O)c7c6OCCO7)c6c5OCCO6)c5c4OCCO5)ccc31)C=CCC2C. The maximum atomic E-state index is 11.8. The largest absolute Gasteiger partial charge is 0.485 e. The number of fused-ring (bicyclic) bond motifs is 6. The summed E-state index contributed by atoms with van der Waals surface area (Å²) in [7, 11) is 0. The van der Waals surface area contributed by atoms with Crippen LogP contribution in [-0.2, 0) is 11.3 Å². The number of carboxylic acid groups (broad SMARTS) is 1. The van der Waals surface area contributed by atoms with Crippen LogP contribution < -0.4 is 28.4 Å². The molecule has 56 heavy (non-hydrogen) atoms. The van der Waals surface area contributed by atoms with E-state index < -0.39 is 11.5 Å². The van der Waals surface area contributed by atoms with Crippen molar-refractivity contribution in [2.45, 2.75) is 65.3 Å². The maximum absolute atomic E-state index is 11.8. The summed E-state index contributed by atoms with van der Waals surface area (Å²) in [5, 5.41) is 20.4. The lowest BCUT2D eigenvalue weighted by Crippen LogP contribution is -2.16. The van der Waals surface area contributed by atoms with E-state index in [4.69, 9.17) is 28.4 Å². The molecule has 0 saturated carbocycles. The molecular formula is C43H42N2O8S3. The number of unbranched alkanes of at least 4 members (excludes halogenated alkanes) is 1. The highest BCUT2D eigenvalue weighted by atomic mass is 32.1. The third-order valence-electron chi connectivity index (χ3n) is 10.9. The monoisotopic (exact) mass is 810 g/mol. The van der Waals surface area contributed by atoms with E-state index in [2.05, 4.69) is 55.7 Å². The Morgan fingerprint density at radius 1 is 0.875 bits per heavy atom. The van der Waals surface area contributed by atoms with Crippen molar-refractivity contribution < 1.29 is 38.3 Å². The van der Waals surface area contributed by atoms with Crippen LogP contribution in [0.15, 0.2) is 29.8 Å². The maximum Gasteiger partial charge on any atom is 0.346 e. The smallest absolute Gasteiger partial charge is 0.346 e. The average molecular weight is 811 g/mol. The Balaban J connectivity index is 1.17. The first-order valence-corrected chi connectivity index (χ1v) is 21.8. The Hall–Kier alpha value is -4.90. The van der Waals surface area contributed by atoms with Gasteiger partial charge in [0.1, 0.15) is 51.3 Å². The first kappa shape index (κ1) is 36.7. The fraction of sp³-hybridized carbons (Fsp3) is 0.395. The molecule has 5 aromatic rings. The number of hydrogen-bond acceptors (Lipinski definition) is 11. The van der Waals surface area contributed by atoms with Crippen LogP contribution in [0.1, 0.15) is 74.9 Å². The molecule has 0 amide bonds. The lowest BCUT2D eigenvalue weighted by Gasteiger charge is -2.23. The molecule has 1 aliphatic carbocycles. The van der Waals surface area contributed by atoms with E-state index in [0.29, 0.717) is 85.1 Å². The quantitative estimate of drug-likeness (QED) is 0.103. The molecular weight excluding hydrogens is 769 g/mol. The lowest BCUT2D eigenvalue weighted by molar-refractivity contribution is -0.132. The van der Waals surface area contributed by atoms with Crippen LogP contribution in [0, 0.1) is 17.2 Å². The molecule has 1 aromatic carbocycles. The minimum Gasteiger partial charge on any atom is -0.485 e. The van der Waals surface area contributed by atoms with Gasteiger partial charge in [-0.05, 0) is 42.5 Å². The minimum absolute atomic E-state index is 0.306. The van der Waals surface area contributed by atoms with Crippen molar-refractivity contribution in [3.8, 4) is 70.5 Å². The Morgan fingerprint density at radius 2 is 1.45 bits per heavy atom. The van der Waals surface area contributed by atoms with Crippen LogP contribution >= 0.6 is 34.0 Å². The highest BCUT2D eigenvalue weighted by Crippen LogP contribution is 2.64. The number of nitrogens with zero attached hydrogens (tertiary/aromatic N) is 2. The Morgan fingerprint density at radius 3 is 2.04 bits per heavy atom. The zero-order valence-corrected chi connectivity index (χ0v) is 34.0. The fourth-order valence-corrected chi connectivity index (χ4v) is 11.9. The summed E-state index contributed by atoms with van der Waals surface area (Å²) in [6, 6.07) is 8.63. The fourth-order valence-electron chi connectivity index (χ4n) is 8.15. The van der Waals surface area contributed by atoms with Crippen molar-refractivity contribution in [3.63, 3.8) is 0 Å². The van der Waals surface area contributed by atoms with Crippen LogP contribution in [0.2, 0.25) is 0 Å². The van der Waals surface area contributed by atoms with Crippen molar-refractivity contribution in [2.24, 2.45) is 5.92 Å².